The smallest absolute Gasteiger partial charge is 0.245 e. The van der Waals surface area contributed by atoms with Crippen LogP contribution in [0.1, 0.15) is 24.8 Å². The molecule has 6 N–H and O–H groups in total. The van der Waals surface area contributed by atoms with Crippen LogP contribution in [-0.4, -0.2) is 63.2 Å². The fourth-order valence-corrected chi connectivity index (χ4v) is 4.51. The Kier molecular flexibility index (Phi) is 9.63. The van der Waals surface area contributed by atoms with E-state index in [1.165, 1.54) is 4.90 Å². The van der Waals surface area contributed by atoms with Crippen LogP contribution in [0.15, 0.2) is 42.6 Å². The van der Waals surface area contributed by atoms with Gasteiger partial charge < -0.3 is 26.1 Å². The number of benzene rings is 1. The van der Waals surface area contributed by atoms with E-state index in [0.717, 1.165) is 6.29 Å². The van der Waals surface area contributed by atoms with Crippen molar-refractivity contribution in [1.82, 2.24) is 20.3 Å². The highest BCUT2D eigenvalue weighted by molar-refractivity contribution is 7.88. The van der Waals surface area contributed by atoms with E-state index in [1.807, 2.05) is 6.07 Å². The second kappa shape index (κ2) is 12.2. The summed E-state index contributed by atoms with van der Waals surface area (Å²) in [5, 5.41) is 12.8. The van der Waals surface area contributed by atoms with Gasteiger partial charge in [0.05, 0.1) is 11.8 Å². The Bertz CT molecular complexity index is 875. The first-order valence-electron chi connectivity index (χ1n) is 10.1. The maximum atomic E-state index is 12.7. The molecule has 0 bridgehead atoms. The number of nitrogens with one attached hydrogen (secondary N) is 4. The average molecular weight is 451 g/mol. The fourth-order valence-electron chi connectivity index (χ4n) is 3.17. The molecule has 1 aromatic rings. The Morgan fingerprint density at radius 1 is 1.29 bits per heavy atom. The lowest BCUT2D eigenvalue weighted by atomic mass is 10.1. The number of carbonyl (C=O) groups is 2. The molecule has 0 fully saturated rings. The van der Waals surface area contributed by atoms with Crippen molar-refractivity contribution in [3.05, 3.63) is 48.2 Å². The molecule has 0 spiro atoms. The lowest BCUT2D eigenvalue weighted by Crippen LogP contribution is -2.50. The highest BCUT2D eigenvalue weighted by Gasteiger charge is 2.29. The summed E-state index contributed by atoms with van der Waals surface area (Å²) in [4.78, 5) is 25.4. The van der Waals surface area contributed by atoms with Gasteiger partial charge in [0.25, 0.3) is 0 Å². The molecule has 0 radical (unpaired) electrons. The molecule has 2 atom stereocenters. The molecule has 10 nitrogen and oxygen atoms in total. The first-order chi connectivity index (χ1) is 14.8. The number of nitrogens with zero attached hydrogens (tertiary/aromatic N) is 1. The van der Waals surface area contributed by atoms with Gasteiger partial charge >= 0.3 is 0 Å². The molecule has 2 unspecified atom stereocenters. The topological polar surface area (TPSA) is 157 Å². The predicted octanol–water partition coefficient (Wildman–Crippen LogP) is -0.359. The van der Waals surface area contributed by atoms with Gasteiger partial charge in [-0.15, -0.1) is 0 Å². The number of hydrogen-bond acceptors (Lipinski definition) is 6. The molecule has 2 rings (SSSR count). The van der Waals surface area contributed by atoms with Crippen molar-refractivity contribution in [3.8, 4) is 0 Å². The van der Waals surface area contributed by atoms with Gasteiger partial charge in [-0.3, -0.25) is 10.2 Å². The van der Waals surface area contributed by atoms with Gasteiger partial charge in [-0.1, -0.05) is 36.4 Å². The summed E-state index contributed by atoms with van der Waals surface area (Å²) in [6.45, 7) is 1.19. The number of aldehydes is 1. The molecule has 1 heterocycles. The van der Waals surface area contributed by atoms with Crippen molar-refractivity contribution in [3.63, 3.8) is 0 Å². The van der Waals surface area contributed by atoms with Crippen LogP contribution in [-0.2, 0) is 25.4 Å². The molecule has 1 aliphatic rings. The van der Waals surface area contributed by atoms with Gasteiger partial charge in [-0.25, -0.2) is 13.1 Å². The minimum Gasteiger partial charge on any atom is -0.370 e. The summed E-state index contributed by atoms with van der Waals surface area (Å²) < 4.78 is 27.4. The van der Waals surface area contributed by atoms with Crippen molar-refractivity contribution in [2.75, 3.05) is 19.6 Å². The van der Waals surface area contributed by atoms with E-state index in [0.29, 0.717) is 38.0 Å². The third kappa shape index (κ3) is 8.87. The maximum Gasteiger partial charge on any atom is 0.245 e. The molecular weight excluding hydrogens is 420 g/mol. The van der Waals surface area contributed by atoms with Crippen LogP contribution in [0.3, 0.4) is 0 Å². The van der Waals surface area contributed by atoms with Gasteiger partial charge in [0.2, 0.25) is 15.9 Å². The molecule has 1 aliphatic heterocycles. The Hall–Kier alpha value is -2.76. The van der Waals surface area contributed by atoms with Crippen LogP contribution in [0.5, 0.6) is 0 Å². The Morgan fingerprint density at radius 3 is 2.71 bits per heavy atom. The highest BCUT2D eigenvalue weighted by Crippen LogP contribution is 2.12. The lowest BCUT2D eigenvalue weighted by Gasteiger charge is -2.28. The van der Waals surface area contributed by atoms with E-state index in [-0.39, 0.29) is 30.1 Å². The monoisotopic (exact) mass is 450 g/mol. The van der Waals surface area contributed by atoms with Crippen LogP contribution in [0.4, 0.5) is 0 Å². The minimum absolute atomic E-state index is 0.111. The zero-order chi connectivity index (χ0) is 22.7. The number of sulfonamides is 1. The quantitative estimate of drug-likeness (QED) is 0.119. The van der Waals surface area contributed by atoms with Gasteiger partial charge in [0.1, 0.15) is 12.3 Å². The van der Waals surface area contributed by atoms with E-state index in [2.05, 4.69) is 15.4 Å². The Morgan fingerprint density at radius 2 is 2.03 bits per heavy atom. The summed E-state index contributed by atoms with van der Waals surface area (Å²) in [5.41, 5.74) is 5.85. The molecule has 0 saturated carbocycles. The number of amides is 1. The van der Waals surface area contributed by atoms with Crippen LogP contribution in [0.25, 0.3) is 0 Å². The molecule has 31 heavy (non-hydrogen) atoms. The van der Waals surface area contributed by atoms with Crippen LogP contribution in [0.2, 0.25) is 0 Å². The van der Waals surface area contributed by atoms with Crippen molar-refractivity contribution >= 4 is 28.2 Å². The van der Waals surface area contributed by atoms with Crippen molar-refractivity contribution in [2.24, 2.45) is 5.73 Å². The SMILES string of the molecule is N=C(N)NCCCC(C=O)NCCN1C=CCC(NS(=O)(=O)Cc2ccccc2)C1=O. The number of nitrogens with two attached hydrogens (primary N) is 1. The molecular formula is C20H30N6O4S. The van der Waals surface area contributed by atoms with E-state index in [4.69, 9.17) is 11.1 Å². The van der Waals surface area contributed by atoms with E-state index >= 15 is 0 Å². The van der Waals surface area contributed by atoms with E-state index in [9.17, 15) is 18.0 Å². The molecule has 11 heteroatoms. The molecule has 0 aromatic heterocycles. The fraction of sp³-hybridized carbons (Fsp3) is 0.450. The van der Waals surface area contributed by atoms with Crippen molar-refractivity contribution in [1.29, 1.82) is 5.41 Å². The normalized spacial score (nSPS) is 17.4. The summed E-state index contributed by atoms with van der Waals surface area (Å²) in [6, 6.07) is 7.55. The van der Waals surface area contributed by atoms with Crippen molar-refractivity contribution in [2.45, 2.75) is 37.1 Å². The van der Waals surface area contributed by atoms with Gasteiger partial charge in [0.15, 0.2) is 5.96 Å². The largest absolute Gasteiger partial charge is 0.370 e. The third-order valence-corrected chi connectivity index (χ3v) is 6.05. The Labute approximate surface area is 182 Å². The van der Waals surface area contributed by atoms with E-state index < -0.39 is 16.1 Å². The predicted molar refractivity (Wildman–Crippen MR) is 118 cm³/mol. The van der Waals surface area contributed by atoms with Gasteiger partial charge in [-0.2, -0.15) is 0 Å². The maximum absolute atomic E-state index is 12.7. The first-order valence-corrected chi connectivity index (χ1v) is 11.7. The summed E-state index contributed by atoms with van der Waals surface area (Å²) >= 11 is 0. The van der Waals surface area contributed by atoms with Crippen LogP contribution < -0.4 is 21.1 Å². The van der Waals surface area contributed by atoms with Gasteiger partial charge in [-0.05, 0) is 24.8 Å². The number of carbonyl (C=O) groups excluding carboxylic acids is 2. The first kappa shape index (κ1) is 24.5. The standard InChI is InChI=1S/C20H30N6O4S/c21-20(22)24-10-4-8-17(14-27)23-11-13-26-12-5-9-18(19(26)28)25-31(29,30)15-16-6-2-1-3-7-16/h1-3,5-7,12,14,17-18,23,25H,4,8-11,13,15H2,(H4,21,22,24). The Balaban J connectivity index is 1.79. The summed E-state index contributed by atoms with van der Waals surface area (Å²) in [7, 11) is -3.67. The second-order valence-electron chi connectivity index (χ2n) is 7.25. The van der Waals surface area contributed by atoms with Crippen LogP contribution >= 0.6 is 0 Å². The van der Waals surface area contributed by atoms with E-state index in [1.54, 1.807) is 36.5 Å². The minimum atomic E-state index is -3.67. The zero-order valence-electron chi connectivity index (χ0n) is 17.3. The number of rotatable bonds is 13. The number of hydrogen-bond donors (Lipinski definition) is 5. The highest BCUT2D eigenvalue weighted by atomic mass is 32.2. The average Bonchev–Trinajstić information content (AvgIpc) is 2.72. The number of guanidine groups is 1. The lowest BCUT2D eigenvalue weighted by molar-refractivity contribution is -0.130. The van der Waals surface area contributed by atoms with Crippen molar-refractivity contribution < 1.29 is 18.0 Å². The molecule has 0 saturated heterocycles. The molecule has 1 amide bonds. The zero-order valence-corrected chi connectivity index (χ0v) is 18.1. The summed E-state index contributed by atoms with van der Waals surface area (Å²) in [5.74, 6) is -0.628. The molecule has 170 valence electrons. The summed E-state index contributed by atoms with van der Waals surface area (Å²) in [6.07, 6.45) is 5.71. The molecule has 0 aliphatic carbocycles. The van der Waals surface area contributed by atoms with Crippen LogP contribution in [0, 0.1) is 5.41 Å². The van der Waals surface area contributed by atoms with Gasteiger partial charge in [0, 0.05) is 25.8 Å². The molecule has 1 aromatic carbocycles. The second-order valence-corrected chi connectivity index (χ2v) is 9.00. The third-order valence-electron chi connectivity index (χ3n) is 4.69.